The van der Waals surface area contributed by atoms with Gasteiger partial charge < -0.3 is 4.90 Å². The standard InChI is InChI=1S/C55H53N.2C7H8/c1-7-54(8-2)50-22-16-14-20-44(50)46-30-27-40(34-52(46)54)32-39-26-24-37(5)48(33-39)49-35-42(28-25-38(49)6)56(41-18-12-11-13-19-41)43-29-31-47-45-21-15-17-23-51(45)55(9-3,10-4)53(47)36-43;2*1-7-5-3-2-4-6-7/h11-31,33-36H,7-10,32H2,1-6H3;2*2-6H,1H3. The summed E-state index contributed by atoms with van der Waals surface area (Å²) in [5, 5.41) is 0. The third kappa shape index (κ3) is 9.07. The van der Waals surface area contributed by atoms with Crippen LogP contribution in [0.1, 0.15) is 109 Å². The minimum Gasteiger partial charge on any atom is -0.310 e. The molecule has 0 amide bonds. The van der Waals surface area contributed by atoms with E-state index in [9.17, 15) is 0 Å². The zero-order valence-electron chi connectivity index (χ0n) is 42.7. The lowest BCUT2D eigenvalue weighted by Crippen LogP contribution is -2.23. The Morgan fingerprint density at radius 1 is 0.300 bits per heavy atom. The molecule has 1 heteroatoms. The lowest BCUT2D eigenvalue weighted by molar-refractivity contribution is 0.490. The molecule has 0 atom stereocenters. The number of rotatable bonds is 10. The van der Waals surface area contributed by atoms with Gasteiger partial charge in [0.25, 0.3) is 0 Å². The van der Waals surface area contributed by atoms with Crippen LogP contribution >= 0.6 is 0 Å². The van der Waals surface area contributed by atoms with Crippen LogP contribution in [0.15, 0.2) is 212 Å². The molecule has 0 saturated heterocycles. The molecule has 0 saturated carbocycles. The molecule has 0 spiro atoms. The van der Waals surface area contributed by atoms with Gasteiger partial charge in [-0.05, 0) is 174 Å². The first-order chi connectivity index (χ1) is 34.1. The van der Waals surface area contributed by atoms with Crippen molar-refractivity contribution in [2.24, 2.45) is 0 Å². The van der Waals surface area contributed by atoms with Crippen molar-refractivity contribution in [3.63, 3.8) is 0 Å². The van der Waals surface area contributed by atoms with Gasteiger partial charge in [0.2, 0.25) is 0 Å². The maximum Gasteiger partial charge on any atom is 0.0467 e. The summed E-state index contributed by atoms with van der Waals surface area (Å²) >= 11 is 0. The van der Waals surface area contributed by atoms with Crippen molar-refractivity contribution in [2.45, 2.75) is 98.3 Å². The molecule has 11 rings (SSSR count). The van der Waals surface area contributed by atoms with Crippen LogP contribution in [0.2, 0.25) is 0 Å². The summed E-state index contributed by atoms with van der Waals surface area (Å²) in [4.78, 5) is 2.46. The molecule has 2 aliphatic rings. The van der Waals surface area contributed by atoms with Crippen molar-refractivity contribution in [3.05, 3.63) is 268 Å². The molecule has 0 fully saturated rings. The van der Waals surface area contributed by atoms with Crippen molar-refractivity contribution in [2.75, 3.05) is 4.90 Å². The van der Waals surface area contributed by atoms with E-state index in [-0.39, 0.29) is 10.8 Å². The molecule has 0 unspecified atom stereocenters. The average molecular weight is 912 g/mol. The number of hydrogen-bond donors (Lipinski definition) is 0. The summed E-state index contributed by atoms with van der Waals surface area (Å²) in [6, 6.07) is 78.2. The molecule has 0 radical (unpaired) electrons. The van der Waals surface area contributed by atoms with Gasteiger partial charge in [0.1, 0.15) is 0 Å². The van der Waals surface area contributed by atoms with Gasteiger partial charge in [0, 0.05) is 27.9 Å². The highest BCUT2D eigenvalue weighted by Crippen LogP contribution is 2.55. The first-order valence-corrected chi connectivity index (χ1v) is 25.7. The van der Waals surface area contributed by atoms with E-state index >= 15 is 0 Å². The molecule has 0 heterocycles. The van der Waals surface area contributed by atoms with Crippen molar-refractivity contribution in [1.82, 2.24) is 0 Å². The van der Waals surface area contributed by atoms with E-state index < -0.39 is 0 Å². The molecule has 2 aliphatic carbocycles. The molecule has 350 valence electrons. The van der Waals surface area contributed by atoms with E-state index in [0.717, 1.165) is 37.8 Å². The van der Waals surface area contributed by atoms with Crippen LogP contribution in [0, 0.1) is 27.7 Å². The Bertz CT molecular complexity index is 3170. The largest absolute Gasteiger partial charge is 0.310 e. The van der Waals surface area contributed by atoms with Crippen molar-refractivity contribution in [3.8, 4) is 33.4 Å². The van der Waals surface area contributed by atoms with E-state index in [1.807, 2.05) is 36.4 Å². The van der Waals surface area contributed by atoms with Crippen molar-refractivity contribution < 1.29 is 0 Å². The van der Waals surface area contributed by atoms with Crippen LogP contribution in [0.5, 0.6) is 0 Å². The second-order valence-electron chi connectivity index (χ2n) is 19.6. The van der Waals surface area contributed by atoms with Crippen LogP contribution in [0.3, 0.4) is 0 Å². The summed E-state index contributed by atoms with van der Waals surface area (Å²) in [5.74, 6) is 0. The molecule has 9 aromatic carbocycles. The van der Waals surface area contributed by atoms with E-state index in [2.05, 4.69) is 236 Å². The topological polar surface area (TPSA) is 3.24 Å². The van der Waals surface area contributed by atoms with Gasteiger partial charge in [-0.3, -0.25) is 0 Å². The summed E-state index contributed by atoms with van der Waals surface area (Å²) < 4.78 is 0. The molecule has 0 N–H and O–H groups in total. The molecule has 0 aromatic heterocycles. The predicted molar refractivity (Wildman–Crippen MR) is 301 cm³/mol. The van der Waals surface area contributed by atoms with E-state index in [1.54, 1.807) is 0 Å². The van der Waals surface area contributed by atoms with Gasteiger partial charge in [-0.15, -0.1) is 0 Å². The zero-order valence-corrected chi connectivity index (χ0v) is 42.7. The number of hydrogen-bond acceptors (Lipinski definition) is 1. The fourth-order valence-electron chi connectivity index (χ4n) is 11.7. The second-order valence-corrected chi connectivity index (χ2v) is 19.6. The smallest absolute Gasteiger partial charge is 0.0467 e. The minimum atomic E-state index is 0.0116. The highest BCUT2D eigenvalue weighted by molar-refractivity contribution is 5.87. The molecule has 9 aromatic rings. The lowest BCUT2D eigenvalue weighted by atomic mass is 9.73. The molecule has 0 bridgehead atoms. The second kappa shape index (κ2) is 20.8. The Morgan fingerprint density at radius 3 is 1.20 bits per heavy atom. The van der Waals surface area contributed by atoms with Crippen LogP contribution in [0.25, 0.3) is 33.4 Å². The number of benzene rings is 9. The highest BCUT2D eigenvalue weighted by atomic mass is 15.1. The minimum absolute atomic E-state index is 0.0116. The van der Waals surface area contributed by atoms with Gasteiger partial charge in [-0.1, -0.05) is 215 Å². The average Bonchev–Trinajstić information content (AvgIpc) is 3.85. The summed E-state index contributed by atoms with van der Waals surface area (Å²) in [6.07, 6.45) is 5.27. The normalized spacial score (nSPS) is 13.1. The summed E-state index contributed by atoms with van der Waals surface area (Å²) in [5.41, 5.74) is 25.7. The fraction of sp³-hybridized carbons (Fsp3) is 0.217. The quantitative estimate of drug-likeness (QED) is 0.132. The number of fused-ring (bicyclic) bond motifs is 6. The summed E-state index contributed by atoms with van der Waals surface area (Å²) in [6.45, 7) is 18.1. The maximum atomic E-state index is 2.52. The molecular formula is C69H69N. The molecular weight excluding hydrogens is 843 g/mol. The van der Waals surface area contributed by atoms with Crippen LogP contribution in [-0.2, 0) is 17.3 Å². The molecule has 1 nitrogen and oxygen atoms in total. The van der Waals surface area contributed by atoms with Crippen molar-refractivity contribution in [1.29, 1.82) is 0 Å². The van der Waals surface area contributed by atoms with Crippen LogP contribution < -0.4 is 4.90 Å². The van der Waals surface area contributed by atoms with E-state index in [0.29, 0.717) is 0 Å². The van der Waals surface area contributed by atoms with Gasteiger partial charge in [0.15, 0.2) is 0 Å². The first-order valence-electron chi connectivity index (χ1n) is 25.7. The Labute approximate surface area is 419 Å². The number of anilines is 3. The Morgan fingerprint density at radius 2 is 0.686 bits per heavy atom. The van der Waals surface area contributed by atoms with Crippen LogP contribution in [-0.4, -0.2) is 0 Å². The Balaban J connectivity index is 0.000000374. The van der Waals surface area contributed by atoms with Gasteiger partial charge in [-0.2, -0.15) is 0 Å². The van der Waals surface area contributed by atoms with Gasteiger partial charge in [0.05, 0.1) is 0 Å². The third-order valence-electron chi connectivity index (χ3n) is 15.6. The fourth-order valence-corrected chi connectivity index (χ4v) is 11.7. The number of nitrogens with zero attached hydrogens (tertiary/aromatic N) is 1. The lowest BCUT2D eigenvalue weighted by Gasteiger charge is -2.32. The van der Waals surface area contributed by atoms with E-state index in [1.165, 1.54) is 100 Å². The molecule has 70 heavy (non-hydrogen) atoms. The van der Waals surface area contributed by atoms with Gasteiger partial charge in [-0.25, -0.2) is 0 Å². The predicted octanol–water partition coefficient (Wildman–Crippen LogP) is 19.2. The number of aryl methyl sites for hydroxylation is 4. The zero-order chi connectivity index (χ0) is 48.8. The summed E-state index contributed by atoms with van der Waals surface area (Å²) in [7, 11) is 0. The number of para-hydroxylation sites is 1. The van der Waals surface area contributed by atoms with Crippen molar-refractivity contribution >= 4 is 17.1 Å². The monoisotopic (exact) mass is 912 g/mol. The van der Waals surface area contributed by atoms with E-state index in [4.69, 9.17) is 0 Å². The Hall–Kier alpha value is -7.22. The third-order valence-corrected chi connectivity index (χ3v) is 15.6. The SMILES string of the molecule is CCC1(CC)c2ccccc2-c2ccc(Cc3ccc(C)c(-c4cc(N(c5ccccc5)c5ccc6c(c5)C(CC)(CC)c5ccccc5-6)ccc4C)c3)cc21.Cc1ccccc1.Cc1ccccc1. The maximum absolute atomic E-state index is 2.52. The molecule has 0 aliphatic heterocycles. The highest BCUT2D eigenvalue weighted by Gasteiger charge is 2.42. The van der Waals surface area contributed by atoms with Crippen LogP contribution in [0.4, 0.5) is 17.1 Å². The first kappa shape index (κ1) is 47.8. The van der Waals surface area contributed by atoms with Gasteiger partial charge >= 0.3 is 0 Å². The Kier molecular flexibility index (Phi) is 14.2.